The Morgan fingerprint density at radius 1 is 1.29 bits per heavy atom. The second-order valence-corrected chi connectivity index (χ2v) is 4.64. The molecule has 0 atom stereocenters. The molecule has 0 aliphatic rings. The van der Waals surface area contributed by atoms with Crippen molar-refractivity contribution in [2.75, 3.05) is 0 Å². The van der Waals surface area contributed by atoms with Crippen LogP contribution in [0.3, 0.4) is 0 Å². The van der Waals surface area contributed by atoms with Gasteiger partial charge in [0.1, 0.15) is 0 Å². The molecule has 2 aromatic rings. The highest BCUT2D eigenvalue weighted by Crippen LogP contribution is 2.08. The molecule has 6 heteroatoms. The Morgan fingerprint density at radius 3 is 2.48 bits per heavy atom. The number of amides is 1. The first-order chi connectivity index (χ1) is 10.0. The van der Waals surface area contributed by atoms with Gasteiger partial charge in [0, 0.05) is 18.8 Å². The minimum Gasteiger partial charge on any atom is -0.478 e. The summed E-state index contributed by atoms with van der Waals surface area (Å²) in [4.78, 5) is 22.8. The third-order valence-electron chi connectivity index (χ3n) is 3.30. The summed E-state index contributed by atoms with van der Waals surface area (Å²) in [6.45, 7) is 4.88. The van der Waals surface area contributed by atoms with Crippen LogP contribution >= 0.6 is 0 Å². The summed E-state index contributed by atoms with van der Waals surface area (Å²) in [5, 5.41) is 15.8. The summed E-state index contributed by atoms with van der Waals surface area (Å²) in [5.74, 6) is -1.15. The van der Waals surface area contributed by atoms with Gasteiger partial charge in [-0.25, -0.2) is 4.79 Å². The first-order valence-corrected chi connectivity index (χ1v) is 6.65. The molecule has 2 N–H and O–H groups in total. The van der Waals surface area contributed by atoms with Crippen LogP contribution in [-0.4, -0.2) is 26.8 Å². The maximum atomic E-state index is 12.1. The van der Waals surface area contributed by atoms with Crippen molar-refractivity contribution < 1.29 is 14.7 Å². The average Bonchev–Trinajstić information content (AvgIpc) is 2.86. The Balaban J connectivity index is 2.00. The zero-order valence-corrected chi connectivity index (χ0v) is 12.0. The van der Waals surface area contributed by atoms with Gasteiger partial charge in [0.05, 0.1) is 17.3 Å². The Hall–Kier alpha value is -2.63. The zero-order valence-electron chi connectivity index (χ0n) is 12.0. The van der Waals surface area contributed by atoms with E-state index in [4.69, 9.17) is 5.11 Å². The smallest absolute Gasteiger partial charge is 0.335 e. The van der Waals surface area contributed by atoms with Gasteiger partial charge < -0.3 is 10.4 Å². The number of nitrogens with one attached hydrogen (secondary N) is 1. The SMILES string of the molecule is CCn1ncc(C(=O)NCc2ccc(C(=O)O)cc2)c1C. The highest BCUT2D eigenvalue weighted by molar-refractivity contribution is 5.95. The summed E-state index contributed by atoms with van der Waals surface area (Å²) < 4.78 is 1.76. The molecule has 0 saturated carbocycles. The number of hydrogen-bond donors (Lipinski definition) is 2. The third-order valence-corrected chi connectivity index (χ3v) is 3.30. The van der Waals surface area contributed by atoms with Crippen molar-refractivity contribution in [3.05, 3.63) is 52.8 Å². The quantitative estimate of drug-likeness (QED) is 0.878. The number of benzene rings is 1. The summed E-state index contributed by atoms with van der Waals surface area (Å²) in [5.41, 5.74) is 2.45. The fraction of sp³-hybridized carbons (Fsp3) is 0.267. The van der Waals surface area contributed by atoms with E-state index in [2.05, 4.69) is 10.4 Å². The molecule has 0 saturated heterocycles. The summed E-state index contributed by atoms with van der Waals surface area (Å²) in [7, 11) is 0. The summed E-state index contributed by atoms with van der Waals surface area (Å²) in [6.07, 6.45) is 1.56. The lowest BCUT2D eigenvalue weighted by Crippen LogP contribution is -2.23. The molecule has 0 fully saturated rings. The largest absolute Gasteiger partial charge is 0.478 e. The lowest BCUT2D eigenvalue weighted by atomic mass is 10.1. The van der Waals surface area contributed by atoms with Crippen LogP contribution in [0.5, 0.6) is 0 Å². The fourth-order valence-corrected chi connectivity index (χ4v) is 2.03. The molecule has 110 valence electrons. The highest BCUT2D eigenvalue weighted by Gasteiger charge is 2.13. The van der Waals surface area contributed by atoms with E-state index in [1.165, 1.54) is 12.1 Å². The van der Waals surface area contributed by atoms with Crippen molar-refractivity contribution in [2.45, 2.75) is 26.9 Å². The minimum atomic E-state index is -0.965. The predicted octanol–water partition coefficient (Wildman–Crippen LogP) is 1.84. The van der Waals surface area contributed by atoms with Gasteiger partial charge >= 0.3 is 5.97 Å². The molecule has 0 aliphatic heterocycles. The molecule has 21 heavy (non-hydrogen) atoms. The van der Waals surface area contributed by atoms with E-state index in [-0.39, 0.29) is 11.5 Å². The standard InChI is InChI=1S/C15H17N3O3/c1-3-18-10(2)13(9-17-18)14(19)16-8-11-4-6-12(7-5-11)15(20)21/h4-7,9H,3,8H2,1-2H3,(H,16,19)(H,20,21). The van der Waals surface area contributed by atoms with E-state index in [9.17, 15) is 9.59 Å². The minimum absolute atomic E-state index is 0.186. The highest BCUT2D eigenvalue weighted by atomic mass is 16.4. The molecule has 1 aromatic heterocycles. The van der Waals surface area contributed by atoms with E-state index < -0.39 is 5.97 Å². The Kier molecular flexibility index (Phi) is 4.37. The number of hydrogen-bond acceptors (Lipinski definition) is 3. The van der Waals surface area contributed by atoms with Crippen LogP contribution in [0.4, 0.5) is 0 Å². The number of aromatic nitrogens is 2. The molecule has 1 heterocycles. The van der Waals surface area contributed by atoms with E-state index in [0.717, 1.165) is 17.8 Å². The number of carbonyl (C=O) groups excluding carboxylic acids is 1. The molecule has 0 unspecified atom stereocenters. The summed E-state index contributed by atoms with van der Waals surface area (Å²) >= 11 is 0. The molecular formula is C15H17N3O3. The molecule has 2 rings (SSSR count). The number of carbonyl (C=O) groups is 2. The molecule has 1 aromatic carbocycles. The van der Waals surface area contributed by atoms with Crippen molar-refractivity contribution in [3.8, 4) is 0 Å². The van der Waals surface area contributed by atoms with E-state index in [1.54, 1.807) is 23.0 Å². The second-order valence-electron chi connectivity index (χ2n) is 4.64. The maximum Gasteiger partial charge on any atom is 0.335 e. The first kappa shape index (κ1) is 14.8. The lowest BCUT2D eigenvalue weighted by Gasteiger charge is -2.06. The van der Waals surface area contributed by atoms with Crippen LogP contribution in [-0.2, 0) is 13.1 Å². The van der Waals surface area contributed by atoms with Crippen LogP contribution in [0.25, 0.3) is 0 Å². The Bertz CT molecular complexity index is 659. The summed E-state index contributed by atoms with van der Waals surface area (Å²) in [6, 6.07) is 6.41. The van der Waals surface area contributed by atoms with Crippen molar-refractivity contribution in [3.63, 3.8) is 0 Å². The van der Waals surface area contributed by atoms with Crippen LogP contribution in [0.1, 0.15) is 38.9 Å². The Morgan fingerprint density at radius 2 is 1.95 bits per heavy atom. The van der Waals surface area contributed by atoms with Gasteiger partial charge in [-0.3, -0.25) is 9.48 Å². The van der Waals surface area contributed by atoms with Crippen molar-refractivity contribution in [1.29, 1.82) is 0 Å². The van der Waals surface area contributed by atoms with Gasteiger partial charge in [0.2, 0.25) is 0 Å². The van der Waals surface area contributed by atoms with E-state index in [1.807, 2.05) is 13.8 Å². The molecule has 0 aliphatic carbocycles. The van der Waals surface area contributed by atoms with Crippen molar-refractivity contribution in [2.24, 2.45) is 0 Å². The number of carboxylic acids is 1. The van der Waals surface area contributed by atoms with Gasteiger partial charge in [-0.15, -0.1) is 0 Å². The molecule has 1 amide bonds. The second kappa shape index (κ2) is 6.21. The van der Waals surface area contributed by atoms with E-state index >= 15 is 0 Å². The van der Waals surface area contributed by atoms with Crippen molar-refractivity contribution in [1.82, 2.24) is 15.1 Å². The zero-order chi connectivity index (χ0) is 15.4. The Labute approximate surface area is 122 Å². The van der Waals surface area contributed by atoms with Gasteiger partial charge in [-0.05, 0) is 31.5 Å². The number of carboxylic acid groups (broad SMARTS) is 1. The predicted molar refractivity (Wildman–Crippen MR) is 77.2 cm³/mol. The average molecular weight is 287 g/mol. The molecular weight excluding hydrogens is 270 g/mol. The van der Waals surface area contributed by atoms with E-state index in [0.29, 0.717) is 12.1 Å². The van der Waals surface area contributed by atoms with Gasteiger partial charge in [0.25, 0.3) is 5.91 Å². The first-order valence-electron chi connectivity index (χ1n) is 6.65. The monoisotopic (exact) mass is 287 g/mol. The normalized spacial score (nSPS) is 10.4. The molecule has 0 radical (unpaired) electrons. The molecule has 0 spiro atoms. The topological polar surface area (TPSA) is 84.2 Å². The van der Waals surface area contributed by atoms with Crippen molar-refractivity contribution >= 4 is 11.9 Å². The van der Waals surface area contributed by atoms with Crippen LogP contribution in [0, 0.1) is 6.92 Å². The lowest BCUT2D eigenvalue weighted by molar-refractivity contribution is 0.0696. The van der Waals surface area contributed by atoms with Gasteiger partial charge in [-0.1, -0.05) is 12.1 Å². The molecule has 6 nitrogen and oxygen atoms in total. The van der Waals surface area contributed by atoms with Crippen LogP contribution < -0.4 is 5.32 Å². The molecule has 0 bridgehead atoms. The van der Waals surface area contributed by atoms with Crippen LogP contribution in [0.2, 0.25) is 0 Å². The number of rotatable bonds is 5. The third kappa shape index (κ3) is 3.28. The number of aromatic carboxylic acids is 1. The van der Waals surface area contributed by atoms with Gasteiger partial charge in [-0.2, -0.15) is 5.10 Å². The fourth-order valence-electron chi connectivity index (χ4n) is 2.03. The van der Waals surface area contributed by atoms with Crippen LogP contribution in [0.15, 0.2) is 30.5 Å². The maximum absolute atomic E-state index is 12.1. The number of aryl methyl sites for hydroxylation is 1. The number of nitrogens with zero attached hydrogens (tertiary/aromatic N) is 2. The van der Waals surface area contributed by atoms with Gasteiger partial charge in [0.15, 0.2) is 0 Å².